The summed E-state index contributed by atoms with van der Waals surface area (Å²) in [4.78, 5) is 22.2. The average molecular weight is 500 g/mol. The van der Waals surface area contributed by atoms with Crippen LogP contribution in [0.5, 0.6) is 0 Å². The van der Waals surface area contributed by atoms with Gasteiger partial charge in [0.2, 0.25) is 5.95 Å². The van der Waals surface area contributed by atoms with Gasteiger partial charge in [0.15, 0.2) is 0 Å². The van der Waals surface area contributed by atoms with Crippen LogP contribution in [-0.4, -0.2) is 40.9 Å². The molecule has 1 aromatic heterocycles. The van der Waals surface area contributed by atoms with Crippen molar-refractivity contribution in [3.8, 4) is 11.3 Å². The molecule has 0 saturated heterocycles. The molecule has 1 saturated carbocycles. The molecule has 0 bridgehead atoms. The lowest BCUT2D eigenvalue weighted by atomic mass is 10.1. The van der Waals surface area contributed by atoms with Crippen molar-refractivity contribution in [2.24, 2.45) is 10.7 Å². The van der Waals surface area contributed by atoms with Gasteiger partial charge in [0.05, 0.1) is 11.7 Å². The zero-order valence-corrected chi connectivity index (χ0v) is 20.6. The zero-order chi connectivity index (χ0) is 25.8. The number of amidine groups is 1. The quantitative estimate of drug-likeness (QED) is 0.305. The van der Waals surface area contributed by atoms with Crippen molar-refractivity contribution >= 4 is 17.4 Å². The van der Waals surface area contributed by atoms with Gasteiger partial charge >= 0.3 is 0 Å². The monoisotopic (exact) mass is 499 g/mol. The lowest BCUT2D eigenvalue weighted by molar-refractivity contribution is -0.129. The molecule has 0 spiro atoms. The number of anilines is 1. The van der Waals surface area contributed by atoms with Crippen molar-refractivity contribution in [1.29, 1.82) is 0 Å². The maximum Gasteiger partial charge on any atom is 0.275 e. The number of hydrogen-bond donors (Lipinski definition) is 4. The molecule has 37 heavy (non-hydrogen) atoms. The van der Waals surface area contributed by atoms with Crippen molar-refractivity contribution in [1.82, 2.24) is 20.7 Å². The van der Waals surface area contributed by atoms with Gasteiger partial charge < -0.3 is 16.4 Å². The van der Waals surface area contributed by atoms with Gasteiger partial charge in [-0.15, -0.1) is 0 Å². The second kappa shape index (κ2) is 10.8. The van der Waals surface area contributed by atoms with Crippen LogP contribution in [0.25, 0.3) is 11.3 Å². The summed E-state index contributed by atoms with van der Waals surface area (Å²) in [5, 5.41) is 8.21. The van der Waals surface area contributed by atoms with E-state index in [2.05, 4.69) is 21.0 Å². The predicted octanol–water partition coefficient (Wildman–Crippen LogP) is 3.56. The number of fused-ring (bicyclic) bond motifs is 1. The van der Waals surface area contributed by atoms with Gasteiger partial charge in [-0.2, -0.15) is 4.39 Å². The van der Waals surface area contributed by atoms with E-state index in [9.17, 15) is 9.18 Å². The summed E-state index contributed by atoms with van der Waals surface area (Å²) < 4.78 is 13.5. The third-order valence-corrected chi connectivity index (χ3v) is 6.65. The van der Waals surface area contributed by atoms with Gasteiger partial charge in [-0.05, 0) is 49.1 Å². The number of hydrogen-bond acceptors (Lipinski definition) is 7. The number of carbonyl (C=O) groups is 1. The molecule has 5 rings (SSSR count). The van der Waals surface area contributed by atoms with E-state index >= 15 is 0 Å². The first-order valence-electron chi connectivity index (χ1n) is 12.4. The highest BCUT2D eigenvalue weighted by Gasteiger charge is 2.34. The number of nitrogens with two attached hydrogens (primary N) is 1. The number of likely N-dealkylation sites (N-methyl/N-ethyl adjacent to an activating group) is 1. The fourth-order valence-corrected chi connectivity index (χ4v) is 4.72. The number of aromatic nitrogens is 1. The largest absolute Gasteiger partial charge is 0.383 e. The van der Waals surface area contributed by atoms with E-state index in [0.717, 1.165) is 36.1 Å². The van der Waals surface area contributed by atoms with Gasteiger partial charge in [-0.3, -0.25) is 14.8 Å². The summed E-state index contributed by atoms with van der Waals surface area (Å²) in [6.45, 7) is 0.416. The highest BCUT2D eigenvalue weighted by Crippen LogP contribution is 2.25. The van der Waals surface area contributed by atoms with E-state index in [0.29, 0.717) is 18.1 Å². The number of benzene rings is 2. The van der Waals surface area contributed by atoms with E-state index in [4.69, 9.17) is 10.7 Å². The molecule has 0 radical (unpaired) electrons. The molecule has 3 aromatic rings. The van der Waals surface area contributed by atoms with Crippen LogP contribution < -0.4 is 21.8 Å². The Kier molecular flexibility index (Phi) is 7.14. The summed E-state index contributed by atoms with van der Waals surface area (Å²) in [6.07, 6.45) is 2.91. The first kappa shape index (κ1) is 24.5. The molecule has 2 aromatic carbocycles. The molecule has 1 fully saturated rings. The summed E-state index contributed by atoms with van der Waals surface area (Å²) in [6, 6.07) is 22.1. The van der Waals surface area contributed by atoms with Gasteiger partial charge in [0, 0.05) is 30.9 Å². The summed E-state index contributed by atoms with van der Waals surface area (Å²) in [7, 11) is 1.72. The lowest BCUT2D eigenvalue weighted by Gasteiger charge is -2.30. The first-order valence-corrected chi connectivity index (χ1v) is 12.4. The second-order valence-corrected chi connectivity index (χ2v) is 9.25. The minimum atomic E-state index is -0.516. The normalized spacial score (nSPS) is 21.0. The Morgan fingerprint density at radius 3 is 2.62 bits per heavy atom. The molecule has 1 amide bonds. The van der Waals surface area contributed by atoms with Crippen LogP contribution in [0.2, 0.25) is 0 Å². The minimum absolute atomic E-state index is 0.0208. The van der Waals surface area contributed by atoms with E-state index in [1.165, 1.54) is 11.1 Å². The molecule has 2 aliphatic rings. The maximum absolute atomic E-state index is 13.5. The van der Waals surface area contributed by atoms with Crippen LogP contribution in [-0.2, 0) is 11.3 Å². The van der Waals surface area contributed by atoms with Crippen molar-refractivity contribution in [2.75, 3.05) is 12.4 Å². The zero-order valence-electron chi connectivity index (χ0n) is 20.6. The number of nitrogens with one attached hydrogen (secondary N) is 3. The van der Waals surface area contributed by atoms with E-state index < -0.39 is 5.95 Å². The lowest BCUT2D eigenvalue weighted by Crippen LogP contribution is -2.52. The maximum atomic E-state index is 13.5. The number of rotatable bonds is 6. The van der Waals surface area contributed by atoms with Crippen LogP contribution in [0, 0.1) is 5.95 Å². The number of hydrazine groups is 1. The Morgan fingerprint density at radius 2 is 1.86 bits per heavy atom. The predicted molar refractivity (Wildman–Crippen MR) is 143 cm³/mol. The first-order chi connectivity index (χ1) is 18.0. The molecule has 5 N–H and O–H groups in total. The second-order valence-electron chi connectivity index (χ2n) is 9.25. The number of para-hydroxylation sites is 1. The van der Waals surface area contributed by atoms with Crippen LogP contribution in [0.1, 0.15) is 24.8 Å². The summed E-state index contributed by atoms with van der Waals surface area (Å²) in [5.41, 5.74) is 13.2. The number of carbonyl (C=O) groups excluding carboxylic acids is 1. The topological polar surface area (TPSA) is 108 Å². The standard InChI is InChI=1S/C28H30FN7O/c1-36-28(37)25(26(30)34-22-10-5-11-23(22)35-36)27(32-20-7-3-2-4-8-20)31-17-18-13-15-19(16-14-18)21-9-6-12-24(29)33-21/h2-4,6-9,12-16,22-23,31-32,35H,5,10-11,17H2,1H3,(H2,30,34)/b27-25-/t22-,23+/m0/s1. The van der Waals surface area contributed by atoms with Gasteiger partial charge in [0.25, 0.3) is 5.91 Å². The fourth-order valence-electron chi connectivity index (χ4n) is 4.72. The minimum Gasteiger partial charge on any atom is -0.383 e. The molecule has 2 heterocycles. The molecular weight excluding hydrogens is 469 g/mol. The van der Waals surface area contributed by atoms with Crippen molar-refractivity contribution in [2.45, 2.75) is 37.9 Å². The van der Waals surface area contributed by atoms with Gasteiger partial charge in [-0.25, -0.2) is 10.4 Å². The van der Waals surface area contributed by atoms with E-state index in [1.54, 1.807) is 19.2 Å². The van der Waals surface area contributed by atoms with Crippen LogP contribution in [0.15, 0.2) is 89.2 Å². The smallest absolute Gasteiger partial charge is 0.275 e. The molecule has 2 atom stereocenters. The van der Waals surface area contributed by atoms with E-state index in [1.807, 2.05) is 54.6 Å². The number of halogens is 1. The molecule has 1 aliphatic heterocycles. The van der Waals surface area contributed by atoms with Gasteiger partial charge in [-0.1, -0.05) is 48.5 Å². The number of nitrogens with zero attached hydrogens (tertiary/aromatic N) is 3. The Bertz CT molecular complexity index is 1320. The highest BCUT2D eigenvalue weighted by molar-refractivity contribution is 6.21. The van der Waals surface area contributed by atoms with E-state index in [-0.39, 0.29) is 29.4 Å². The Balaban J connectivity index is 1.45. The summed E-state index contributed by atoms with van der Waals surface area (Å²) in [5.74, 6) is -0.102. The SMILES string of the molecule is CN1N[C@@H]2CCC[C@@H]2N=C(N)/C(=C(\NCc2ccc(-c3cccc(F)n3)cc2)Nc2ccccc2)C1=O. The third-order valence-electron chi connectivity index (χ3n) is 6.65. The Labute approximate surface area is 215 Å². The van der Waals surface area contributed by atoms with Crippen molar-refractivity contribution in [3.05, 3.63) is 95.7 Å². The third kappa shape index (κ3) is 5.62. The number of pyridine rings is 1. The molecule has 1 aliphatic carbocycles. The average Bonchev–Trinajstić information content (AvgIpc) is 3.33. The highest BCUT2D eigenvalue weighted by atomic mass is 19.1. The Hall–Kier alpha value is -4.24. The van der Waals surface area contributed by atoms with Crippen LogP contribution in [0.3, 0.4) is 0 Å². The molecular formula is C28H30FN7O. The molecule has 9 heteroatoms. The van der Waals surface area contributed by atoms with Crippen molar-refractivity contribution < 1.29 is 9.18 Å². The number of aliphatic imine (C=N–C) groups is 1. The van der Waals surface area contributed by atoms with Gasteiger partial charge in [0.1, 0.15) is 17.2 Å². The Morgan fingerprint density at radius 1 is 1.08 bits per heavy atom. The van der Waals surface area contributed by atoms with Crippen molar-refractivity contribution in [3.63, 3.8) is 0 Å². The van der Waals surface area contributed by atoms with Crippen LogP contribution >= 0.6 is 0 Å². The number of amides is 1. The molecule has 0 unspecified atom stereocenters. The summed E-state index contributed by atoms with van der Waals surface area (Å²) >= 11 is 0. The molecule has 8 nitrogen and oxygen atoms in total. The fraction of sp³-hybridized carbons (Fsp3) is 0.250. The van der Waals surface area contributed by atoms with Crippen LogP contribution in [0.4, 0.5) is 10.1 Å². The molecule has 190 valence electrons.